The van der Waals surface area contributed by atoms with Crippen LogP contribution in [0.25, 0.3) is 0 Å². The molecule has 0 aromatic carbocycles. The first kappa shape index (κ1) is 12.8. The summed E-state index contributed by atoms with van der Waals surface area (Å²) in [7, 11) is 1.95. The van der Waals surface area contributed by atoms with Crippen molar-refractivity contribution in [3.63, 3.8) is 0 Å². The SMILES string of the molecule is CNC(Cc1ncc(Cl)cc1Cl)C(C)C. The van der Waals surface area contributed by atoms with Gasteiger partial charge in [-0.25, -0.2) is 0 Å². The highest BCUT2D eigenvalue weighted by Gasteiger charge is 2.14. The van der Waals surface area contributed by atoms with Crippen molar-refractivity contribution < 1.29 is 0 Å². The first-order valence-electron chi connectivity index (χ1n) is 5.01. The summed E-state index contributed by atoms with van der Waals surface area (Å²) in [4.78, 5) is 4.24. The van der Waals surface area contributed by atoms with Crippen molar-refractivity contribution in [2.45, 2.75) is 26.3 Å². The van der Waals surface area contributed by atoms with Crippen molar-refractivity contribution in [2.75, 3.05) is 7.05 Å². The van der Waals surface area contributed by atoms with E-state index in [0.717, 1.165) is 12.1 Å². The van der Waals surface area contributed by atoms with Gasteiger partial charge in [-0.05, 0) is 19.0 Å². The summed E-state index contributed by atoms with van der Waals surface area (Å²) in [5.41, 5.74) is 0.897. The van der Waals surface area contributed by atoms with Gasteiger partial charge in [-0.2, -0.15) is 0 Å². The van der Waals surface area contributed by atoms with Crippen molar-refractivity contribution in [2.24, 2.45) is 5.92 Å². The Hall–Kier alpha value is -0.310. The standard InChI is InChI=1S/C11H16Cl2N2/c1-7(2)10(14-3)5-11-9(13)4-8(12)6-15-11/h4,6-7,10,14H,5H2,1-3H3. The second kappa shape index (κ2) is 5.69. The summed E-state index contributed by atoms with van der Waals surface area (Å²) in [5, 5.41) is 4.48. The molecule has 1 rings (SSSR count). The highest BCUT2D eigenvalue weighted by Crippen LogP contribution is 2.20. The van der Waals surface area contributed by atoms with Crippen LogP contribution in [0.4, 0.5) is 0 Å². The zero-order valence-corrected chi connectivity index (χ0v) is 10.7. The van der Waals surface area contributed by atoms with E-state index in [0.29, 0.717) is 22.0 Å². The Morgan fingerprint density at radius 3 is 2.53 bits per heavy atom. The molecule has 84 valence electrons. The number of aromatic nitrogens is 1. The molecule has 1 aromatic rings. The quantitative estimate of drug-likeness (QED) is 0.883. The topological polar surface area (TPSA) is 24.9 Å². The number of nitrogens with one attached hydrogen (secondary N) is 1. The largest absolute Gasteiger partial charge is 0.316 e. The van der Waals surface area contributed by atoms with Crippen molar-refractivity contribution >= 4 is 23.2 Å². The van der Waals surface area contributed by atoms with Crippen LogP contribution in [-0.2, 0) is 6.42 Å². The molecule has 0 fully saturated rings. The van der Waals surface area contributed by atoms with E-state index in [1.165, 1.54) is 0 Å². The fourth-order valence-electron chi connectivity index (χ4n) is 1.47. The Labute approximate surface area is 101 Å². The molecule has 0 amide bonds. The van der Waals surface area contributed by atoms with Crippen molar-refractivity contribution in [1.29, 1.82) is 0 Å². The Kier molecular flexibility index (Phi) is 4.84. The van der Waals surface area contributed by atoms with Crippen LogP contribution in [-0.4, -0.2) is 18.1 Å². The van der Waals surface area contributed by atoms with Crippen molar-refractivity contribution in [1.82, 2.24) is 10.3 Å². The van der Waals surface area contributed by atoms with Gasteiger partial charge >= 0.3 is 0 Å². The van der Waals surface area contributed by atoms with Gasteiger partial charge in [0.15, 0.2) is 0 Å². The minimum atomic E-state index is 0.385. The lowest BCUT2D eigenvalue weighted by atomic mass is 9.99. The monoisotopic (exact) mass is 246 g/mol. The van der Waals surface area contributed by atoms with Crippen LogP contribution < -0.4 is 5.32 Å². The molecule has 2 nitrogen and oxygen atoms in total. The summed E-state index contributed by atoms with van der Waals surface area (Å²) in [6.07, 6.45) is 2.46. The molecule has 0 aliphatic heterocycles. The van der Waals surface area contributed by atoms with E-state index in [1.807, 2.05) is 7.05 Å². The molecule has 1 heterocycles. The average molecular weight is 247 g/mol. The van der Waals surface area contributed by atoms with Crippen molar-refractivity contribution in [3.8, 4) is 0 Å². The maximum atomic E-state index is 6.06. The number of likely N-dealkylation sites (N-methyl/N-ethyl adjacent to an activating group) is 1. The molecule has 0 spiro atoms. The molecule has 4 heteroatoms. The third kappa shape index (κ3) is 3.63. The van der Waals surface area contributed by atoms with Crippen LogP contribution in [0.15, 0.2) is 12.3 Å². The van der Waals surface area contributed by atoms with E-state index in [2.05, 4.69) is 24.1 Å². The molecule has 1 unspecified atom stereocenters. The molecule has 1 N–H and O–H groups in total. The molecule has 15 heavy (non-hydrogen) atoms. The van der Waals surface area contributed by atoms with Gasteiger partial charge in [0, 0.05) is 18.7 Å². The minimum Gasteiger partial charge on any atom is -0.316 e. The van der Waals surface area contributed by atoms with Gasteiger partial charge < -0.3 is 5.32 Å². The van der Waals surface area contributed by atoms with Crippen LogP contribution in [0.2, 0.25) is 10.0 Å². The molecule has 0 saturated carbocycles. The predicted molar refractivity (Wildman–Crippen MR) is 65.6 cm³/mol. The predicted octanol–water partition coefficient (Wildman–Crippen LogP) is 3.17. The lowest BCUT2D eigenvalue weighted by Crippen LogP contribution is -2.33. The maximum Gasteiger partial charge on any atom is 0.0636 e. The maximum absolute atomic E-state index is 6.06. The van der Waals surface area contributed by atoms with E-state index < -0.39 is 0 Å². The molecular formula is C11H16Cl2N2. The first-order chi connectivity index (χ1) is 7.04. The third-order valence-electron chi connectivity index (χ3n) is 2.47. The molecular weight excluding hydrogens is 231 g/mol. The average Bonchev–Trinajstić information content (AvgIpc) is 2.16. The van der Waals surface area contributed by atoms with Crippen LogP contribution >= 0.6 is 23.2 Å². The van der Waals surface area contributed by atoms with E-state index >= 15 is 0 Å². The normalized spacial score (nSPS) is 13.2. The van der Waals surface area contributed by atoms with Gasteiger partial charge in [0.05, 0.1) is 15.7 Å². The molecule has 0 radical (unpaired) electrons. The van der Waals surface area contributed by atoms with Crippen LogP contribution in [0.5, 0.6) is 0 Å². The van der Waals surface area contributed by atoms with Crippen molar-refractivity contribution in [3.05, 3.63) is 28.0 Å². The summed E-state index contributed by atoms with van der Waals surface area (Å²) in [6.45, 7) is 4.34. The zero-order chi connectivity index (χ0) is 11.4. The van der Waals surface area contributed by atoms with E-state index in [1.54, 1.807) is 12.3 Å². The second-order valence-corrected chi connectivity index (χ2v) is 4.77. The van der Waals surface area contributed by atoms with E-state index in [4.69, 9.17) is 23.2 Å². The van der Waals surface area contributed by atoms with Gasteiger partial charge in [0.2, 0.25) is 0 Å². The van der Waals surface area contributed by atoms with Crippen LogP contribution in [0, 0.1) is 5.92 Å². The summed E-state index contributed by atoms with van der Waals surface area (Å²) in [6, 6.07) is 2.12. The molecule has 1 atom stereocenters. The summed E-state index contributed by atoms with van der Waals surface area (Å²) < 4.78 is 0. The third-order valence-corrected chi connectivity index (χ3v) is 3.01. The van der Waals surface area contributed by atoms with Crippen LogP contribution in [0.1, 0.15) is 19.5 Å². The number of hydrogen-bond acceptors (Lipinski definition) is 2. The highest BCUT2D eigenvalue weighted by molar-refractivity contribution is 6.34. The first-order valence-corrected chi connectivity index (χ1v) is 5.77. The summed E-state index contributed by atoms with van der Waals surface area (Å²) in [5.74, 6) is 0.545. The Morgan fingerprint density at radius 2 is 2.07 bits per heavy atom. The van der Waals surface area contributed by atoms with Gasteiger partial charge in [0.1, 0.15) is 0 Å². The fourth-order valence-corrected chi connectivity index (χ4v) is 1.93. The number of halogens is 2. The van der Waals surface area contributed by atoms with Gasteiger partial charge in [0.25, 0.3) is 0 Å². The van der Waals surface area contributed by atoms with Gasteiger partial charge in [-0.1, -0.05) is 37.0 Å². The zero-order valence-electron chi connectivity index (χ0n) is 9.22. The lowest BCUT2D eigenvalue weighted by molar-refractivity contribution is 0.421. The Morgan fingerprint density at radius 1 is 1.40 bits per heavy atom. The molecule has 1 aromatic heterocycles. The van der Waals surface area contributed by atoms with Gasteiger partial charge in [-0.3, -0.25) is 4.98 Å². The Bertz CT molecular complexity index is 326. The molecule has 0 aliphatic rings. The highest BCUT2D eigenvalue weighted by atomic mass is 35.5. The smallest absolute Gasteiger partial charge is 0.0636 e. The lowest BCUT2D eigenvalue weighted by Gasteiger charge is -2.20. The Balaban J connectivity index is 2.79. The molecule has 0 saturated heterocycles. The minimum absolute atomic E-state index is 0.385. The second-order valence-electron chi connectivity index (χ2n) is 3.93. The molecule has 0 aliphatic carbocycles. The fraction of sp³-hybridized carbons (Fsp3) is 0.545. The molecule has 0 bridgehead atoms. The van der Waals surface area contributed by atoms with E-state index in [-0.39, 0.29) is 0 Å². The number of nitrogens with zero attached hydrogens (tertiary/aromatic N) is 1. The van der Waals surface area contributed by atoms with E-state index in [9.17, 15) is 0 Å². The number of rotatable bonds is 4. The van der Waals surface area contributed by atoms with Crippen LogP contribution in [0.3, 0.4) is 0 Å². The van der Waals surface area contributed by atoms with Gasteiger partial charge in [-0.15, -0.1) is 0 Å². The number of pyridine rings is 1. The summed E-state index contributed by atoms with van der Waals surface area (Å²) >= 11 is 11.8. The number of hydrogen-bond donors (Lipinski definition) is 1.